The van der Waals surface area contributed by atoms with Crippen molar-refractivity contribution in [3.8, 4) is 0 Å². The van der Waals surface area contributed by atoms with Crippen molar-refractivity contribution in [3.05, 3.63) is 35.4 Å². The molecule has 0 unspecified atom stereocenters. The van der Waals surface area contributed by atoms with Crippen molar-refractivity contribution < 1.29 is 4.79 Å². The molecule has 0 aliphatic heterocycles. The summed E-state index contributed by atoms with van der Waals surface area (Å²) in [5, 5.41) is 6.79. The molecule has 1 aliphatic carbocycles. The van der Waals surface area contributed by atoms with Crippen molar-refractivity contribution in [1.29, 1.82) is 0 Å². The third kappa shape index (κ3) is 6.73. The van der Waals surface area contributed by atoms with E-state index in [1.54, 1.807) is 4.90 Å². The molecule has 0 atom stereocenters. The highest BCUT2D eigenvalue weighted by atomic mass is 16.2. The molecule has 1 aromatic rings. The summed E-state index contributed by atoms with van der Waals surface area (Å²) >= 11 is 0. The first-order valence-electron chi connectivity index (χ1n) is 11.5. The number of rotatable bonds is 10. The monoisotopic (exact) mass is 415 g/mol. The maximum Gasteiger partial charge on any atom is 0.230 e. The molecule has 0 heterocycles. The lowest BCUT2D eigenvalue weighted by Crippen LogP contribution is -2.49. The molecule has 6 heteroatoms. The number of nitrogens with one attached hydrogen (secondary N) is 2. The Morgan fingerprint density at radius 2 is 1.73 bits per heavy atom. The zero-order chi connectivity index (χ0) is 22.0. The SMILES string of the molecule is CCNC(=NCc1cccc(CN(CC)CC)c1)NCC1(C(=O)N(C)C)CCCC1. The van der Waals surface area contributed by atoms with Gasteiger partial charge in [0.25, 0.3) is 0 Å². The van der Waals surface area contributed by atoms with Crippen molar-refractivity contribution in [1.82, 2.24) is 20.4 Å². The van der Waals surface area contributed by atoms with Gasteiger partial charge in [0, 0.05) is 33.7 Å². The first-order chi connectivity index (χ1) is 14.4. The number of carbonyl (C=O) groups is 1. The summed E-state index contributed by atoms with van der Waals surface area (Å²) in [6.45, 7) is 11.6. The maximum atomic E-state index is 12.8. The van der Waals surface area contributed by atoms with Crippen LogP contribution >= 0.6 is 0 Å². The smallest absolute Gasteiger partial charge is 0.230 e. The van der Waals surface area contributed by atoms with Crippen LogP contribution in [0.15, 0.2) is 29.3 Å². The Kier molecular flexibility index (Phi) is 9.63. The summed E-state index contributed by atoms with van der Waals surface area (Å²) in [6, 6.07) is 8.69. The van der Waals surface area contributed by atoms with E-state index in [1.807, 2.05) is 14.1 Å². The van der Waals surface area contributed by atoms with Gasteiger partial charge in [-0.25, -0.2) is 4.99 Å². The van der Waals surface area contributed by atoms with Crippen LogP contribution in [-0.4, -0.2) is 61.9 Å². The fourth-order valence-corrected chi connectivity index (χ4v) is 4.29. The van der Waals surface area contributed by atoms with Crippen molar-refractivity contribution in [2.75, 3.05) is 40.3 Å². The van der Waals surface area contributed by atoms with E-state index in [4.69, 9.17) is 4.99 Å². The van der Waals surface area contributed by atoms with Crippen LogP contribution in [0.3, 0.4) is 0 Å². The second-order valence-corrected chi connectivity index (χ2v) is 8.52. The van der Waals surface area contributed by atoms with E-state index in [0.717, 1.165) is 57.8 Å². The Balaban J connectivity index is 2.04. The molecule has 0 spiro atoms. The van der Waals surface area contributed by atoms with E-state index in [9.17, 15) is 4.79 Å². The summed E-state index contributed by atoms with van der Waals surface area (Å²) in [4.78, 5) is 21.8. The van der Waals surface area contributed by atoms with Gasteiger partial charge >= 0.3 is 0 Å². The quantitative estimate of drug-likeness (QED) is 0.455. The molecule has 6 nitrogen and oxygen atoms in total. The molecule has 1 saturated carbocycles. The van der Waals surface area contributed by atoms with Gasteiger partial charge in [-0.1, -0.05) is 51.0 Å². The van der Waals surface area contributed by atoms with Crippen LogP contribution in [0.1, 0.15) is 57.6 Å². The lowest BCUT2D eigenvalue weighted by molar-refractivity contribution is -0.138. The molecule has 168 valence electrons. The highest BCUT2D eigenvalue weighted by Gasteiger charge is 2.42. The molecule has 2 N–H and O–H groups in total. The topological polar surface area (TPSA) is 60.0 Å². The molecular weight excluding hydrogens is 374 g/mol. The van der Waals surface area contributed by atoms with Crippen LogP contribution in [0, 0.1) is 5.41 Å². The van der Waals surface area contributed by atoms with Crippen LogP contribution in [0.4, 0.5) is 0 Å². The minimum atomic E-state index is -0.302. The zero-order valence-electron chi connectivity index (χ0n) is 19.6. The number of guanidine groups is 1. The summed E-state index contributed by atoms with van der Waals surface area (Å²) < 4.78 is 0. The molecule has 30 heavy (non-hydrogen) atoms. The number of benzene rings is 1. The number of amides is 1. The normalized spacial score (nSPS) is 16.0. The Labute approximate surface area is 183 Å². The average Bonchev–Trinajstić information content (AvgIpc) is 3.23. The molecular formula is C24H41N5O. The van der Waals surface area contributed by atoms with Crippen molar-refractivity contribution in [2.45, 2.75) is 59.5 Å². The number of aliphatic imine (C=N–C) groups is 1. The van der Waals surface area contributed by atoms with Gasteiger partial charge < -0.3 is 15.5 Å². The second-order valence-electron chi connectivity index (χ2n) is 8.52. The molecule has 2 rings (SSSR count). The highest BCUT2D eigenvalue weighted by molar-refractivity contribution is 5.85. The van der Waals surface area contributed by atoms with E-state index in [1.165, 1.54) is 11.1 Å². The average molecular weight is 416 g/mol. The molecule has 1 fully saturated rings. The molecule has 0 radical (unpaired) electrons. The van der Waals surface area contributed by atoms with E-state index in [2.05, 4.69) is 60.6 Å². The molecule has 0 aromatic heterocycles. The predicted octanol–water partition coefficient (Wildman–Crippen LogP) is 3.23. The molecule has 0 saturated heterocycles. The van der Waals surface area contributed by atoms with Crippen molar-refractivity contribution in [3.63, 3.8) is 0 Å². The number of nitrogens with zero attached hydrogens (tertiary/aromatic N) is 3. The lowest BCUT2D eigenvalue weighted by Gasteiger charge is -2.31. The van der Waals surface area contributed by atoms with E-state index in [0.29, 0.717) is 13.1 Å². The van der Waals surface area contributed by atoms with Gasteiger partial charge in [-0.2, -0.15) is 0 Å². The van der Waals surface area contributed by atoms with Gasteiger partial charge in [-0.05, 0) is 44.0 Å². The standard InChI is InChI=1S/C24H41N5O/c1-6-25-23(27-19-24(14-9-10-15-24)22(30)28(4)5)26-17-20-12-11-13-21(16-20)18-29(7-2)8-3/h11-13,16H,6-10,14-15,17-19H2,1-5H3,(H2,25,26,27). The minimum absolute atomic E-state index is 0.229. The zero-order valence-corrected chi connectivity index (χ0v) is 19.6. The summed E-state index contributed by atoms with van der Waals surface area (Å²) in [6.07, 6.45) is 4.14. The Hall–Kier alpha value is -2.08. The third-order valence-corrected chi connectivity index (χ3v) is 6.07. The van der Waals surface area contributed by atoms with Crippen molar-refractivity contribution >= 4 is 11.9 Å². The summed E-state index contributed by atoms with van der Waals surface area (Å²) in [7, 11) is 3.71. The van der Waals surface area contributed by atoms with E-state index in [-0.39, 0.29) is 11.3 Å². The van der Waals surface area contributed by atoms with Crippen molar-refractivity contribution in [2.24, 2.45) is 10.4 Å². The Morgan fingerprint density at radius 1 is 1.07 bits per heavy atom. The molecule has 1 aliphatic rings. The van der Waals surface area contributed by atoms with Crippen LogP contribution in [0.2, 0.25) is 0 Å². The van der Waals surface area contributed by atoms with Gasteiger partial charge in [-0.15, -0.1) is 0 Å². The first-order valence-corrected chi connectivity index (χ1v) is 11.5. The number of carbonyl (C=O) groups excluding carboxylic acids is 1. The Morgan fingerprint density at radius 3 is 2.33 bits per heavy atom. The number of hydrogen-bond donors (Lipinski definition) is 2. The summed E-state index contributed by atoms with van der Waals surface area (Å²) in [5.41, 5.74) is 2.23. The second kappa shape index (κ2) is 11.9. The third-order valence-electron chi connectivity index (χ3n) is 6.07. The highest BCUT2D eigenvalue weighted by Crippen LogP contribution is 2.38. The van der Waals surface area contributed by atoms with Gasteiger partial charge in [0.1, 0.15) is 0 Å². The van der Waals surface area contributed by atoms with E-state index < -0.39 is 0 Å². The fraction of sp³-hybridized carbons (Fsp3) is 0.667. The van der Waals surface area contributed by atoms with Crippen LogP contribution < -0.4 is 10.6 Å². The summed E-state index contributed by atoms with van der Waals surface area (Å²) in [5.74, 6) is 1.01. The van der Waals surface area contributed by atoms with Crippen LogP contribution in [-0.2, 0) is 17.9 Å². The van der Waals surface area contributed by atoms with Crippen LogP contribution in [0.25, 0.3) is 0 Å². The molecule has 1 amide bonds. The first kappa shape index (κ1) is 24.2. The van der Waals surface area contributed by atoms with Gasteiger partial charge in [0.05, 0.1) is 12.0 Å². The minimum Gasteiger partial charge on any atom is -0.357 e. The fourth-order valence-electron chi connectivity index (χ4n) is 4.29. The number of hydrogen-bond acceptors (Lipinski definition) is 3. The van der Waals surface area contributed by atoms with E-state index >= 15 is 0 Å². The maximum absolute atomic E-state index is 12.8. The predicted molar refractivity (Wildman–Crippen MR) is 125 cm³/mol. The molecule has 1 aromatic carbocycles. The lowest BCUT2D eigenvalue weighted by atomic mass is 9.84. The van der Waals surface area contributed by atoms with Gasteiger partial charge in [-0.3, -0.25) is 9.69 Å². The van der Waals surface area contributed by atoms with Gasteiger partial charge in [0.2, 0.25) is 5.91 Å². The van der Waals surface area contributed by atoms with Crippen LogP contribution in [0.5, 0.6) is 0 Å². The molecule has 0 bridgehead atoms. The largest absolute Gasteiger partial charge is 0.357 e. The Bertz CT molecular complexity index is 691. The van der Waals surface area contributed by atoms with Gasteiger partial charge in [0.15, 0.2) is 5.96 Å².